The van der Waals surface area contributed by atoms with Crippen molar-refractivity contribution in [1.29, 1.82) is 0 Å². The third kappa shape index (κ3) is 3.32. The summed E-state index contributed by atoms with van der Waals surface area (Å²) in [5.41, 5.74) is 0.905. The summed E-state index contributed by atoms with van der Waals surface area (Å²) in [6.45, 7) is 4.95. The van der Waals surface area contributed by atoms with Gasteiger partial charge >= 0.3 is 0 Å². The fraction of sp³-hybridized carbons (Fsp3) is 0.571. The SMILES string of the molecule is CC1(O)CCCN(CCc2ccccc2)C1. The van der Waals surface area contributed by atoms with Crippen molar-refractivity contribution in [3.63, 3.8) is 0 Å². The molecule has 0 amide bonds. The summed E-state index contributed by atoms with van der Waals surface area (Å²) in [7, 11) is 0. The van der Waals surface area contributed by atoms with Crippen molar-refractivity contribution in [2.75, 3.05) is 19.6 Å². The van der Waals surface area contributed by atoms with Crippen LogP contribution in [-0.4, -0.2) is 35.2 Å². The van der Waals surface area contributed by atoms with Gasteiger partial charge in [-0.25, -0.2) is 0 Å². The number of rotatable bonds is 3. The van der Waals surface area contributed by atoms with Gasteiger partial charge in [0.1, 0.15) is 0 Å². The molecule has 1 heterocycles. The Morgan fingerprint density at radius 3 is 2.75 bits per heavy atom. The number of aliphatic hydroxyl groups is 1. The molecule has 0 saturated carbocycles. The summed E-state index contributed by atoms with van der Waals surface area (Å²) in [6.07, 6.45) is 3.13. The summed E-state index contributed by atoms with van der Waals surface area (Å²) in [5.74, 6) is 0. The van der Waals surface area contributed by atoms with Gasteiger partial charge in [-0.15, -0.1) is 0 Å². The summed E-state index contributed by atoms with van der Waals surface area (Å²) < 4.78 is 0. The second-order valence-electron chi connectivity index (χ2n) is 5.11. The molecule has 1 unspecified atom stereocenters. The lowest BCUT2D eigenvalue weighted by atomic mass is 9.95. The fourth-order valence-corrected chi connectivity index (χ4v) is 2.45. The maximum absolute atomic E-state index is 10.0. The van der Waals surface area contributed by atoms with Gasteiger partial charge in [0.2, 0.25) is 0 Å². The van der Waals surface area contributed by atoms with Gasteiger partial charge in [-0.2, -0.15) is 0 Å². The quantitative estimate of drug-likeness (QED) is 0.841. The van der Waals surface area contributed by atoms with Crippen molar-refractivity contribution >= 4 is 0 Å². The third-order valence-electron chi connectivity index (χ3n) is 3.31. The number of nitrogens with zero attached hydrogens (tertiary/aromatic N) is 1. The first-order valence-corrected chi connectivity index (χ1v) is 6.14. The van der Waals surface area contributed by atoms with Gasteiger partial charge in [-0.3, -0.25) is 0 Å². The molecule has 0 radical (unpaired) electrons. The predicted octanol–water partition coefficient (Wildman–Crippen LogP) is 2.08. The summed E-state index contributed by atoms with van der Waals surface area (Å²) in [4.78, 5) is 2.37. The van der Waals surface area contributed by atoms with E-state index in [-0.39, 0.29) is 0 Å². The Balaban J connectivity index is 1.82. The Hall–Kier alpha value is -0.860. The van der Waals surface area contributed by atoms with Crippen LogP contribution in [0.25, 0.3) is 0 Å². The van der Waals surface area contributed by atoms with Crippen LogP contribution in [0, 0.1) is 0 Å². The molecule has 1 atom stereocenters. The van der Waals surface area contributed by atoms with E-state index in [0.29, 0.717) is 0 Å². The highest BCUT2D eigenvalue weighted by Gasteiger charge is 2.27. The lowest BCUT2D eigenvalue weighted by Crippen LogP contribution is -2.46. The molecule has 2 nitrogen and oxygen atoms in total. The van der Waals surface area contributed by atoms with Crippen LogP contribution in [0.5, 0.6) is 0 Å². The summed E-state index contributed by atoms with van der Waals surface area (Å²) >= 11 is 0. The zero-order chi connectivity index (χ0) is 11.4. The van der Waals surface area contributed by atoms with Crippen LogP contribution in [0.4, 0.5) is 0 Å². The standard InChI is InChI=1S/C14H21NO/c1-14(16)9-5-10-15(12-14)11-8-13-6-3-2-4-7-13/h2-4,6-7,16H,5,8-12H2,1H3. The zero-order valence-corrected chi connectivity index (χ0v) is 10.0. The molecule has 0 aromatic heterocycles. The lowest BCUT2D eigenvalue weighted by molar-refractivity contribution is -0.0150. The number of hydrogen-bond donors (Lipinski definition) is 1. The second-order valence-corrected chi connectivity index (χ2v) is 5.11. The minimum atomic E-state index is -0.477. The molecule has 1 aromatic rings. The zero-order valence-electron chi connectivity index (χ0n) is 10.0. The Bertz CT molecular complexity index is 321. The van der Waals surface area contributed by atoms with E-state index < -0.39 is 5.60 Å². The molecule has 1 N–H and O–H groups in total. The van der Waals surface area contributed by atoms with E-state index in [2.05, 4.69) is 35.2 Å². The first kappa shape index (κ1) is 11.6. The number of piperidine rings is 1. The van der Waals surface area contributed by atoms with Crippen LogP contribution in [0.2, 0.25) is 0 Å². The van der Waals surface area contributed by atoms with Crippen molar-refractivity contribution in [2.45, 2.75) is 31.8 Å². The first-order valence-electron chi connectivity index (χ1n) is 6.14. The van der Waals surface area contributed by atoms with Gasteiger partial charge in [0, 0.05) is 13.1 Å². The van der Waals surface area contributed by atoms with Crippen molar-refractivity contribution in [3.8, 4) is 0 Å². The van der Waals surface area contributed by atoms with E-state index in [1.54, 1.807) is 0 Å². The monoisotopic (exact) mass is 219 g/mol. The van der Waals surface area contributed by atoms with Crippen molar-refractivity contribution < 1.29 is 5.11 Å². The smallest absolute Gasteiger partial charge is 0.0746 e. The van der Waals surface area contributed by atoms with Gasteiger partial charge in [0.05, 0.1) is 5.60 Å². The molecule has 0 aliphatic carbocycles. The van der Waals surface area contributed by atoms with E-state index in [0.717, 1.165) is 38.9 Å². The molecule has 1 aromatic carbocycles. The molecule has 0 spiro atoms. The van der Waals surface area contributed by atoms with Gasteiger partial charge < -0.3 is 10.0 Å². The van der Waals surface area contributed by atoms with Crippen LogP contribution in [-0.2, 0) is 6.42 Å². The topological polar surface area (TPSA) is 23.5 Å². The molecular weight excluding hydrogens is 198 g/mol. The fourth-order valence-electron chi connectivity index (χ4n) is 2.45. The van der Waals surface area contributed by atoms with Gasteiger partial charge in [0.15, 0.2) is 0 Å². The molecule has 1 aliphatic rings. The maximum Gasteiger partial charge on any atom is 0.0746 e. The van der Waals surface area contributed by atoms with E-state index in [1.807, 2.05) is 6.92 Å². The third-order valence-corrected chi connectivity index (χ3v) is 3.31. The Morgan fingerprint density at radius 1 is 1.31 bits per heavy atom. The maximum atomic E-state index is 10.0. The molecule has 2 rings (SSSR count). The second kappa shape index (κ2) is 4.98. The van der Waals surface area contributed by atoms with E-state index in [1.165, 1.54) is 5.56 Å². The van der Waals surface area contributed by atoms with Gasteiger partial charge in [-0.1, -0.05) is 30.3 Å². The van der Waals surface area contributed by atoms with Crippen LogP contribution in [0.1, 0.15) is 25.3 Å². The highest BCUT2D eigenvalue weighted by atomic mass is 16.3. The molecule has 1 saturated heterocycles. The molecular formula is C14H21NO. The molecule has 0 bridgehead atoms. The van der Waals surface area contributed by atoms with Crippen molar-refractivity contribution in [2.24, 2.45) is 0 Å². The van der Waals surface area contributed by atoms with Crippen LogP contribution >= 0.6 is 0 Å². The van der Waals surface area contributed by atoms with Crippen LogP contribution in [0.15, 0.2) is 30.3 Å². The Kier molecular flexibility index (Phi) is 3.62. The van der Waals surface area contributed by atoms with Crippen molar-refractivity contribution in [3.05, 3.63) is 35.9 Å². The minimum absolute atomic E-state index is 0.477. The molecule has 16 heavy (non-hydrogen) atoms. The molecule has 2 heteroatoms. The normalized spacial score (nSPS) is 26.9. The van der Waals surface area contributed by atoms with Gasteiger partial charge in [0.25, 0.3) is 0 Å². The van der Waals surface area contributed by atoms with Crippen LogP contribution < -0.4 is 0 Å². The largest absolute Gasteiger partial charge is 0.389 e. The Labute approximate surface area is 97.9 Å². The number of β-amino-alcohol motifs (C(OH)–C–C–N with tert-alkyl or cyclic N) is 1. The average molecular weight is 219 g/mol. The molecule has 1 fully saturated rings. The summed E-state index contributed by atoms with van der Waals surface area (Å²) in [5, 5.41) is 10.0. The summed E-state index contributed by atoms with van der Waals surface area (Å²) in [6, 6.07) is 10.6. The van der Waals surface area contributed by atoms with Gasteiger partial charge in [-0.05, 0) is 38.3 Å². The van der Waals surface area contributed by atoms with Crippen molar-refractivity contribution in [1.82, 2.24) is 4.90 Å². The van der Waals surface area contributed by atoms with E-state index in [4.69, 9.17) is 0 Å². The first-order chi connectivity index (χ1) is 7.66. The highest BCUT2D eigenvalue weighted by molar-refractivity contribution is 5.14. The number of likely N-dealkylation sites (tertiary alicyclic amines) is 1. The predicted molar refractivity (Wildman–Crippen MR) is 66.4 cm³/mol. The van der Waals surface area contributed by atoms with E-state index in [9.17, 15) is 5.11 Å². The number of hydrogen-bond acceptors (Lipinski definition) is 2. The lowest BCUT2D eigenvalue weighted by Gasteiger charge is -2.36. The molecule has 88 valence electrons. The van der Waals surface area contributed by atoms with E-state index >= 15 is 0 Å². The van der Waals surface area contributed by atoms with Crippen LogP contribution in [0.3, 0.4) is 0 Å². The Morgan fingerprint density at radius 2 is 2.06 bits per heavy atom. The minimum Gasteiger partial charge on any atom is -0.389 e. The molecule has 1 aliphatic heterocycles. The highest BCUT2D eigenvalue weighted by Crippen LogP contribution is 2.20. The number of benzene rings is 1. The average Bonchev–Trinajstić information content (AvgIpc) is 2.27.